The molecule has 0 unspecified atom stereocenters. The van der Waals surface area contributed by atoms with Crippen LogP contribution in [0.2, 0.25) is 0 Å². The van der Waals surface area contributed by atoms with Gasteiger partial charge in [-0.15, -0.1) is 0 Å². The Morgan fingerprint density at radius 1 is 1.18 bits per heavy atom. The topological polar surface area (TPSA) is 111 Å². The van der Waals surface area contributed by atoms with Gasteiger partial charge >= 0.3 is 5.69 Å². The Hall–Kier alpha value is -3.69. The highest BCUT2D eigenvalue weighted by Gasteiger charge is 2.29. The van der Waals surface area contributed by atoms with Gasteiger partial charge in [0.05, 0.1) is 12.0 Å². The third-order valence-corrected chi connectivity index (χ3v) is 5.05. The molecule has 2 aromatic carbocycles. The largest absolute Gasteiger partial charge is 0.490 e. The van der Waals surface area contributed by atoms with Gasteiger partial charge in [-0.25, -0.2) is 4.39 Å². The van der Waals surface area contributed by atoms with Gasteiger partial charge in [0.2, 0.25) is 11.7 Å². The van der Waals surface area contributed by atoms with E-state index in [-0.39, 0.29) is 35.6 Å². The molecule has 184 valence electrons. The fourth-order valence-electron chi connectivity index (χ4n) is 3.26. The Bertz CT molecular complexity index is 997. The second kappa shape index (κ2) is 12.5. The molecule has 0 aliphatic heterocycles. The van der Waals surface area contributed by atoms with Crippen molar-refractivity contribution >= 4 is 17.5 Å². The number of amides is 2. The first kappa shape index (κ1) is 26.6. The molecule has 1 atom stereocenters. The molecule has 0 fully saturated rings. The minimum Gasteiger partial charge on any atom is -0.490 e. The van der Waals surface area contributed by atoms with E-state index in [1.807, 2.05) is 13.8 Å². The van der Waals surface area contributed by atoms with Crippen LogP contribution in [0.25, 0.3) is 0 Å². The fraction of sp³-hybridized carbons (Fsp3) is 0.417. The third-order valence-electron chi connectivity index (χ3n) is 5.05. The number of hydrogen-bond donors (Lipinski definition) is 1. The van der Waals surface area contributed by atoms with E-state index in [9.17, 15) is 24.1 Å². The van der Waals surface area contributed by atoms with Crippen molar-refractivity contribution in [3.8, 4) is 11.5 Å². The summed E-state index contributed by atoms with van der Waals surface area (Å²) in [5.41, 5.74) is 0.425. The number of ether oxygens (including phenoxy) is 2. The van der Waals surface area contributed by atoms with Crippen molar-refractivity contribution in [1.82, 2.24) is 10.2 Å². The van der Waals surface area contributed by atoms with Gasteiger partial charge in [0.1, 0.15) is 17.6 Å². The van der Waals surface area contributed by atoms with Gasteiger partial charge in [-0.05, 0) is 36.1 Å². The first-order valence-corrected chi connectivity index (χ1v) is 10.9. The van der Waals surface area contributed by atoms with Gasteiger partial charge in [0, 0.05) is 25.2 Å². The molecule has 34 heavy (non-hydrogen) atoms. The zero-order valence-corrected chi connectivity index (χ0v) is 19.7. The molecule has 0 saturated heterocycles. The summed E-state index contributed by atoms with van der Waals surface area (Å²) in [5, 5.41) is 13.9. The predicted molar refractivity (Wildman–Crippen MR) is 124 cm³/mol. The first-order chi connectivity index (χ1) is 16.2. The zero-order chi connectivity index (χ0) is 25.3. The van der Waals surface area contributed by atoms with Crippen LogP contribution in [0.1, 0.15) is 32.8 Å². The van der Waals surface area contributed by atoms with Gasteiger partial charge < -0.3 is 19.7 Å². The summed E-state index contributed by atoms with van der Waals surface area (Å²) in [4.78, 5) is 37.9. The molecule has 2 rings (SSSR count). The summed E-state index contributed by atoms with van der Waals surface area (Å²) in [6.45, 7) is 5.87. The van der Waals surface area contributed by atoms with Crippen LogP contribution >= 0.6 is 0 Å². The van der Waals surface area contributed by atoms with Crippen LogP contribution in [-0.4, -0.2) is 47.9 Å². The van der Waals surface area contributed by atoms with Crippen molar-refractivity contribution in [3.05, 3.63) is 64.0 Å². The highest BCUT2D eigenvalue weighted by Crippen LogP contribution is 2.30. The number of rotatable bonds is 12. The van der Waals surface area contributed by atoms with Crippen LogP contribution in [0.3, 0.4) is 0 Å². The lowest BCUT2D eigenvalue weighted by Gasteiger charge is -2.30. The lowest BCUT2D eigenvalue weighted by Crippen LogP contribution is -2.50. The fourth-order valence-corrected chi connectivity index (χ4v) is 3.26. The third kappa shape index (κ3) is 7.43. The Balaban J connectivity index is 2.22. The summed E-state index contributed by atoms with van der Waals surface area (Å²) in [5.74, 6) is -0.716. The minimum absolute atomic E-state index is 0.00221. The maximum absolute atomic E-state index is 13.3. The van der Waals surface area contributed by atoms with Crippen molar-refractivity contribution in [1.29, 1.82) is 0 Å². The number of carbonyl (C=O) groups is 2. The van der Waals surface area contributed by atoms with Gasteiger partial charge in [-0.1, -0.05) is 32.9 Å². The summed E-state index contributed by atoms with van der Waals surface area (Å²) >= 11 is 0. The molecule has 2 aromatic rings. The highest BCUT2D eigenvalue weighted by molar-refractivity contribution is 5.88. The summed E-state index contributed by atoms with van der Waals surface area (Å²) in [6, 6.07) is 8.84. The Labute approximate surface area is 198 Å². The summed E-state index contributed by atoms with van der Waals surface area (Å²) < 4.78 is 23.9. The minimum atomic E-state index is -0.758. The summed E-state index contributed by atoms with van der Waals surface area (Å²) in [7, 11) is 1.29. The van der Waals surface area contributed by atoms with E-state index in [0.717, 1.165) is 0 Å². The van der Waals surface area contributed by atoms with E-state index in [0.29, 0.717) is 18.5 Å². The molecule has 2 amide bonds. The average Bonchev–Trinajstić information content (AvgIpc) is 2.81. The molecule has 0 aromatic heterocycles. The monoisotopic (exact) mass is 475 g/mol. The van der Waals surface area contributed by atoms with Gasteiger partial charge in [0.25, 0.3) is 5.91 Å². The van der Waals surface area contributed by atoms with E-state index < -0.39 is 29.3 Å². The molecule has 0 saturated carbocycles. The number of hydrogen-bond acceptors (Lipinski definition) is 6. The number of methoxy groups -OCH3 is 1. The molecule has 0 radical (unpaired) electrons. The van der Waals surface area contributed by atoms with Crippen molar-refractivity contribution in [2.24, 2.45) is 5.92 Å². The van der Waals surface area contributed by atoms with Gasteiger partial charge in [0.15, 0.2) is 6.61 Å². The van der Waals surface area contributed by atoms with Crippen molar-refractivity contribution in [2.75, 3.05) is 20.3 Å². The van der Waals surface area contributed by atoms with Crippen molar-refractivity contribution in [2.45, 2.75) is 39.8 Å². The number of nitrogens with zero attached hydrogens (tertiary/aromatic N) is 2. The molecule has 10 heteroatoms. The van der Waals surface area contributed by atoms with E-state index in [4.69, 9.17) is 9.47 Å². The normalized spacial score (nSPS) is 11.6. The van der Waals surface area contributed by atoms with Crippen LogP contribution in [0.5, 0.6) is 11.5 Å². The van der Waals surface area contributed by atoms with Crippen LogP contribution in [-0.2, 0) is 16.1 Å². The maximum Gasteiger partial charge on any atom is 0.311 e. The molecule has 9 nitrogen and oxygen atoms in total. The molecule has 0 heterocycles. The van der Waals surface area contributed by atoms with Crippen molar-refractivity contribution < 1.29 is 28.4 Å². The van der Waals surface area contributed by atoms with E-state index >= 15 is 0 Å². The van der Waals surface area contributed by atoms with Crippen molar-refractivity contribution in [3.63, 3.8) is 0 Å². The molecule has 0 bridgehead atoms. The number of halogens is 1. The first-order valence-electron chi connectivity index (χ1n) is 10.9. The standard InChI is InChI=1S/C24H30FN3O6/c1-5-20(24(30)26-13-16(2)3)27(14-17-6-8-18(25)9-7-17)23(29)15-34-19-10-11-21(28(31)32)22(12-19)33-4/h6-12,16,20H,5,13-15H2,1-4H3,(H,26,30)/t20-/m1/s1. The van der Waals surface area contributed by atoms with Crippen LogP contribution in [0.4, 0.5) is 10.1 Å². The Morgan fingerprint density at radius 3 is 2.41 bits per heavy atom. The van der Waals surface area contributed by atoms with Gasteiger partial charge in [-0.2, -0.15) is 0 Å². The second-order valence-corrected chi connectivity index (χ2v) is 8.09. The average molecular weight is 476 g/mol. The second-order valence-electron chi connectivity index (χ2n) is 8.09. The number of nitrogens with one attached hydrogen (secondary N) is 1. The quantitative estimate of drug-likeness (QED) is 0.370. The van der Waals surface area contributed by atoms with Crippen LogP contribution < -0.4 is 14.8 Å². The SMILES string of the molecule is CC[C@H](C(=O)NCC(C)C)N(Cc1ccc(F)cc1)C(=O)COc1ccc([N+](=O)[O-])c(OC)c1. The Kier molecular flexibility index (Phi) is 9.78. The molecular weight excluding hydrogens is 445 g/mol. The molecule has 0 spiro atoms. The maximum atomic E-state index is 13.3. The van der Waals surface area contributed by atoms with E-state index in [1.54, 1.807) is 19.1 Å². The number of nitro groups is 1. The molecular formula is C24H30FN3O6. The molecule has 1 N–H and O–H groups in total. The predicted octanol–water partition coefficient (Wildman–Crippen LogP) is 3.70. The van der Waals surface area contributed by atoms with E-state index in [1.165, 1.54) is 42.3 Å². The molecule has 0 aliphatic rings. The Morgan fingerprint density at radius 2 is 1.85 bits per heavy atom. The van der Waals surface area contributed by atoms with Crippen LogP contribution in [0.15, 0.2) is 42.5 Å². The smallest absolute Gasteiger partial charge is 0.311 e. The number of carbonyl (C=O) groups excluding carboxylic acids is 2. The molecule has 0 aliphatic carbocycles. The summed E-state index contributed by atoms with van der Waals surface area (Å²) in [6.07, 6.45) is 0.363. The van der Waals surface area contributed by atoms with E-state index in [2.05, 4.69) is 5.32 Å². The number of benzene rings is 2. The zero-order valence-electron chi connectivity index (χ0n) is 19.7. The van der Waals surface area contributed by atoms with Gasteiger partial charge in [-0.3, -0.25) is 19.7 Å². The lowest BCUT2D eigenvalue weighted by molar-refractivity contribution is -0.385. The van der Waals surface area contributed by atoms with Crippen LogP contribution in [0, 0.1) is 21.8 Å². The lowest BCUT2D eigenvalue weighted by atomic mass is 10.1. The highest BCUT2D eigenvalue weighted by atomic mass is 19.1. The number of nitro benzene ring substituents is 1.